The molecule has 3 aromatic rings. The maximum atomic E-state index is 12.6. The second-order valence-electron chi connectivity index (χ2n) is 10.3. The highest BCUT2D eigenvalue weighted by Gasteiger charge is 2.41. The Bertz CT molecular complexity index is 1400. The summed E-state index contributed by atoms with van der Waals surface area (Å²) in [6, 6.07) is 18.0. The summed E-state index contributed by atoms with van der Waals surface area (Å²) in [6.07, 6.45) is 0.316. The minimum Gasteiger partial charge on any atom is -0.457 e. The van der Waals surface area contributed by atoms with Gasteiger partial charge in [-0.2, -0.15) is 5.26 Å². The van der Waals surface area contributed by atoms with Crippen molar-refractivity contribution in [2.24, 2.45) is 5.92 Å². The van der Waals surface area contributed by atoms with Gasteiger partial charge < -0.3 is 34.7 Å². The van der Waals surface area contributed by atoms with Crippen LogP contribution in [0, 0.1) is 17.2 Å². The number of nitriles is 1. The van der Waals surface area contributed by atoms with E-state index in [4.69, 9.17) is 9.15 Å². The Morgan fingerprint density at radius 3 is 2.56 bits per heavy atom. The minimum atomic E-state index is -1.29. The summed E-state index contributed by atoms with van der Waals surface area (Å²) in [6.45, 7) is 3.54. The maximum Gasteiger partial charge on any atom is 0.262 e. The summed E-state index contributed by atoms with van der Waals surface area (Å²) in [4.78, 5) is 15.0. The summed E-state index contributed by atoms with van der Waals surface area (Å²) < 4.78 is 11.2. The zero-order valence-corrected chi connectivity index (χ0v) is 21.8. The van der Waals surface area contributed by atoms with E-state index in [0.717, 1.165) is 29.4 Å². The Morgan fingerprint density at radius 1 is 1.05 bits per heavy atom. The molecule has 2 fully saturated rings. The van der Waals surface area contributed by atoms with E-state index in [2.05, 4.69) is 40.5 Å². The first kappa shape index (κ1) is 26.9. The summed E-state index contributed by atoms with van der Waals surface area (Å²) in [7, 11) is 0. The number of carbonyl (C=O) groups excluding carboxylic acids is 1. The molecule has 0 radical (unpaired) electrons. The number of ether oxygens (including phenoxy) is 1. The van der Waals surface area contributed by atoms with Crippen LogP contribution in [0.1, 0.15) is 31.9 Å². The predicted molar refractivity (Wildman–Crippen MR) is 146 cm³/mol. The maximum absolute atomic E-state index is 12.6. The van der Waals surface area contributed by atoms with Crippen LogP contribution in [0.25, 0.3) is 28.2 Å². The fourth-order valence-corrected chi connectivity index (χ4v) is 5.15. The molecule has 3 heterocycles. The lowest BCUT2D eigenvalue weighted by atomic mass is 9.92. The molecule has 2 aliphatic heterocycles. The van der Waals surface area contributed by atoms with Gasteiger partial charge in [-0.25, -0.2) is 0 Å². The number of nitrogens with zero attached hydrogens (tertiary/aromatic N) is 2. The van der Waals surface area contributed by atoms with Gasteiger partial charge in [-0.15, -0.1) is 0 Å². The number of rotatable bonds is 6. The molecule has 1 unspecified atom stereocenters. The van der Waals surface area contributed by atoms with E-state index in [1.54, 1.807) is 19.1 Å². The standard InChI is InChI=1S/C30H33N3O6/c1-18-27(34)28(35)26(39-30(18)37)17-32-29(36)22(16-31)15-24-9-10-25(38-24)21-6-5-20-14-23(8-7-19(20)13-21)33-11-3-2-4-12-33/h5-10,13-15,18,26-28,30,34-35,37H,2-4,11-12,17H2,1H3,(H,32,36)/b22-15+/t18-,26-,27-,28-,30?/m1/s1. The van der Waals surface area contributed by atoms with Gasteiger partial charge in [-0.05, 0) is 60.4 Å². The number of aliphatic hydroxyl groups is 3. The Morgan fingerprint density at radius 2 is 1.79 bits per heavy atom. The summed E-state index contributed by atoms with van der Waals surface area (Å²) >= 11 is 0. The SMILES string of the molecule is C[C@H]1C(O)O[C@H](CNC(=O)/C(C#N)=C/c2ccc(-c3ccc4cc(N5CCCCC5)ccc4c3)o2)[C@@H](O)[C@@H]1O. The molecule has 9 heteroatoms. The van der Waals surface area contributed by atoms with Crippen LogP contribution in [0.5, 0.6) is 0 Å². The number of hydrogen-bond donors (Lipinski definition) is 4. The monoisotopic (exact) mass is 531 g/mol. The fraction of sp³-hybridized carbons (Fsp3) is 0.400. The van der Waals surface area contributed by atoms with Gasteiger partial charge in [0.1, 0.15) is 35.4 Å². The lowest BCUT2D eigenvalue weighted by Gasteiger charge is -2.39. The van der Waals surface area contributed by atoms with Crippen molar-refractivity contribution >= 4 is 28.4 Å². The molecule has 39 heavy (non-hydrogen) atoms. The van der Waals surface area contributed by atoms with Gasteiger partial charge in [0.05, 0.1) is 6.10 Å². The van der Waals surface area contributed by atoms with Crippen LogP contribution in [0.15, 0.2) is 58.5 Å². The molecule has 1 aromatic heterocycles. The van der Waals surface area contributed by atoms with Gasteiger partial charge in [0.2, 0.25) is 0 Å². The molecular weight excluding hydrogens is 498 g/mol. The molecule has 9 nitrogen and oxygen atoms in total. The third-order valence-electron chi connectivity index (χ3n) is 7.61. The summed E-state index contributed by atoms with van der Waals surface area (Å²) in [5.41, 5.74) is 1.93. The third kappa shape index (κ3) is 5.84. The van der Waals surface area contributed by atoms with E-state index in [9.17, 15) is 25.4 Å². The molecule has 5 atom stereocenters. The summed E-state index contributed by atoms with van der Waals surface area (Å²) in [5.74, 6) is -0.416. The quantitative estimate of drug-likeness (QED) is 0.281. The number of piperidine rings is 1. The van der Waals surface area contributed by atoms with Crippen LogP contribution in [0.3, 0.4) is 0 Å². The lowest BCUT2D eigenvalue weighted by Crippen LogP contribution is -2.56. The molecule has 1 amide bonds. The highest BCUT2D eigenvalue weighted by molar-refractivity contribution is 6.01. The third-order valence-corrected chi connectivity index (χ3v) is 7.61. The van der Waals surface area contributed by atoms with Gasteiger partial charge in [-0.1, -0.05) is 25.1 Å². The number of benzene rings is 2. The van der Waals surface area contributed by atoms with Crippen LogP contribution in [0.2, 0.25) is 0 Å². The van der Waals surface area contributed by atoms with Crippen molar-refractivity contribution < 1.29 is 29.3 Å². The second-order valence-corrected chi connectivity index (χ2v) is 10.3. The molecule has 4 N–H and O–H groups in total. The van der Waals surface area contributed by atoms with Crippen LogP contribution < -0.4 is 10.2 Å². The van der Waals surface area contributed by atoms with Crippen LogP contribution >= 0.6 is 0 Å². The van der Waals surface area contributed by atoms with Crippen molar-refractivity contribution in [3.8, 4) is 17.4 Å². The van der Waals surface area contributed by atoms with Crippen molar-refractivity contribution in [2.45, 2.75) is 50.8 Å². The Balaban J connectivity index is 1.26. The lowest BCUT2D eigenvalue weighted by molar-refractivity contribution is -0.258. The van der Waals surface area contributed by atoms with Gasteiger partial charge in [0, 0.05) is 42.9 Å². The molecule has 5 rings (SSSR count). The zero-order valence-electron chi connectivity index (χ0n) is 21.8. The first-order valence-electron chi connectivity index (χ1n) is 13.3. The zero-order chi connectivity index (χ0) is 27.5. The van der Waals surface area contributed by atoms with Crippen molar-refractivity contribution in [1.29, 1.82) is 5.26 Å². The van der Waals surface area contributed by atoms with Gasteiger partial charge >= 0.3 is 0 Å². The number of amides is 1. The van der Waals surface area contributed by atoms with E-state index in [0.29, 0.717) is 11.5 Å². The van der Waals surface area contributed by atoms with Crippen LogP contribution in [-0.4, -0.2) is 65.5 Å². The Labute approximate surface area is 226 Å². The van der Waals surface area contributed by atoms with E-state index in [1.165, 1.54) is 31.0 Å². The first-order chi connectivity index (χ1) is 18.8. The minimum absolute atomic E-state index is 0.195. The highest BCUT2D eigenvalue weighted by atomic mass is 16.6. The van der Waals surface area contributed by atoms with Crippen molar-refractivity contribution in [1.82, 2.24) is 5.32 Å². The number of nitrogens with one attached hydrogen (secondary N) is 1. The van der Waals surface area contributed by atoms with Gasteiger partial charge in [-0.3, -0.25) is 4.79 Å². The second kappa shape index (κ2) is 11.6. The van der Waals surface area contributed by atoms with Gasteiger partial charge in [0.25, 0.3) is 5.91 Å². The highest BCUT2D eigenvalue weighted by Crippen LogP contribution is 2.30. The van der Waals surface area contributed by atoms with E-state index < -0.39 is 36.4 Å². The smallest absolute Gasteiger partial charge is 0.262 e. The number of furan rings is 1. The topological polar surface area (TPSA) is 139 Å². The first-order valence-corrected chi connectivity index (χ1v) is 13.3. The van der Waals surface area contributed by atoms with E-state index >= 15 is 0 Å². The molecule has 2 aliphatic rings. The van der Waals surface area contributed by atoms with Crippen molar-refractivity contribution in [3.05, 3.63) is 59.9 Å². The average molecular weight is 532 g/mol. The molecular formula is C30H33N3O6. The van der Waals surface area contributed by atoms with E-state index in [-0.39, 0.29) is 12.1 Å². The predicted octanol–water partition coefficient (Wildman–Crippen LogP) is 3.19. The summed E-state index contributed by atoms with van der Waals surface area (Å²) in [5, 5.41) is 44.4. The molecule has 2 aromatic carbocycles. The number of anilines is 1. The fourth-order valence-electron chi connectivity index (χ4n) is 5.15. The van der Waals surface area contributed by atoms with Gasteiger partial charge in [0.15, 0.2) is 6.29 Å². The molecule has 204 valence electrons. The van der Waals surface area contributed by atoms with Crippen molar-refractivity contribution in [3.63, 3.8) is 0 Å². The molecule has 2 saturated heterocycles. The van der Waals surface area contributed by atoms with Crippen LogP contribution in [0.4, 0.5) is 5.69 Å². The Hall–Kier alpha value is -3.68. The number of carbonyl (C=O) groups is 1. The Kier molecular flexibility index (Phi) is 8.00. The average Bonchev–Trinajstić information content (AvgIpc) is 3.44. The molecule has 0 aliphatic carbocycles. The molecule has 0 bridgehead atoms. The van der Waals surface area contributed by atoms with E-state index in [1.807, 2.05) is 12.1 Å². The number of fused-ring (bicyclic) bond motifs is 1. The number of hydrogen-bond acceptors (Lipinski definition) is 8. The molecule has 0 saturated carbocycles. The van der Waals surface area contributed by atoms with Crippen molar-refractivity contribution in [2.75, 3.05) is 24.5 Å². The van der Waals surface area contributed by atoms with Crippen LogP contribution in [-0.2, 0) is 9.53 Å². The normalized spacial score (nSPS) is 25.9. The largest absolute Gasteiger partial charge is 0.457 e. The molecule has 0 spiro atoms. The number of aliphatic hydroxyl groups excluding tert-OH is 3.